The highest BCUT2D eigenvalue weighted by molar-refractivity contribution is 7.84. The number of fused-ring (bicyclic) bond motifs is 1. The fourth-order valence-electron chi connectivity index (χ4n) is 4.53. The number of carbonyl (C=O) groups excluding carboxylic acids is 1. The molecule has 2 aromatic heterocycles. The van der Waals surface area contributed by atoms with Gasteiger partial charge in [-0.3, -0.25) is 19.0 Å². The van der Waals surface area contributed by atoms with E-state index in [1.807, 2.05) is 48.5 Å². The fraction of sp³-hybridized carbons (Fsp3) is 0.296. The first kappa shape index (κ1) is 24.0. The summed E-state index contributed by atoms with van der Waals surface area (Å²) in [7, 11) is -0.967. The summed E-state index contributed by atoms with van der Waals surface area (Å²) >= 11 is 0. The molecule has 1 amide bonds. The molecule has 186 valence electrons. The van der Waals surface area contributed by atoms with Gasteiger partial charge in [-0.25, -0.2) is 0 Å². The molecule has 0 fully saturated rings. The maximum Gasteiger partial charge on any atom is 0.280 e. The zero-order valence-electron chi connectivity index (χ0n) is 20.6. The fourth-order valence-corrected chi connectivity index (χ4v) is 4.85. The van der Waals surface area contributed by atoms with Crippen molar-refractivity contribution in [3.8, 4) is 17.0 Å². The first-order chi connectivity index (χ1) is 17.3. The minimum atomic E-state index is -0.967. The molecular weight excluding hydrogens is 476 g/mol. The smallest absolute Gasteiger partial charge is 0.280 e. The average Bonchev–Trinajstić information content (AvgIpc) is 3.57. The van der Waals surface area contributed by atoms with Crippen LogP contribution in [0.2, 0.25) is 0 Å². The Morgan fingerprint density at radius 3 is 2.53 bits per heavy atom. The first-order valence-corrected chi connectivity index (χ1v) is 13.4. The molecule has 1 aliphatic rings. The van der Waals surface area contributed by atoms with E-state index in [4.69, 9.17) is 9.26 Å². The molecule has 0 radical (unpaired) electrons. The molecule has 8 nitrogen and oxygen atoms in total. The van der Waals surface area contributed by atoms with Crippen LogP contribution >= 0.6 is 0 Å². The predicted molar refractivity (Wildman–Crippen MR) is 139 cm³/mol. The largest absolute Gasteiger partial charge is 0.492 e. The second kappa shape index (κ2) is 9.39. The second-order valence-electron chi connectivity index (χ2n) is 9.78. The second-order valence-corrected chi connectivity index (χ2v) is 11.3. The lowest BCUT2D eigenvalue weighted by Gasteiger charge is -2.29. The number of amides is 1. The van der Waals surface area contributed by atoms with Crippen molar-refractivity contribution in [1.29, 1.82) is 0 Å². The Labute approximate surface area is 212 Å². The Bertz CT molecular complexity index is 1400. The van der Waals surface area contributed by atoms with Crippen molar-refractivity contribution in [2.45, 2.75) is 32.2 Å². The molecule has 2 unspecified atom stereocenters. The summed E-state index contributed by atoms with van der Waals surface area (Å²) < 4.78 is 22.7. The van der Waals surface area contributed by atoms with Crippen molar-refractivity contribution >= 4 is 22.4 Å². The molecule has 4 aromatic rings. The van der Waals surface area contributed by atoms with Crippen LogP contribution in [0.3, 0.4) is 0 Å². The minimum Gasteiger partial charge on any atom is -0.492 e. The van der Waals surface area contributed by atoms with Crippen molar-refractivity contribution in [2.24, 2.45) is 0 Å². The van der Waals surface area contributed by atoms with Crippen molar-refractivity contribution in [1.82, 2.24) is 15.4 Å². The Hall–Kier alpha value is -3.72. The zero-order chi connectivity index (χ0) is 25.4. The molecule has 0 bridgehead atoms. The third kappa shape index (κ3) is 4.35. The lowest BCUT2D eigenvalue weighted by molar-refractivity contribution is 0.0988. The number of hydrogen-bond donors (Lipinski definition) is 1. The molecule has 0 saturated heterocycles. The van der Waals surface area contributed by atoms with Crippen LogP contribution in [0.15, 0.2) is 65.4 Å². The molecule has 1 aliphatic heterocycles. The number of ether oxygens (including phenoxy) is 1. The lowest BCUT2D eigenvalue weighted by atomic mass is 9.85. The summed E-state index contributed by atoms with van der Waals surface area (Å²) in [6, 6.07) is 16.7. The summed E-state index contributed by atoms with van der Waals surface area (Å²) in [5, 5.41) is 11.6. The van der Waals surface area contributed by atoms with Crippen molar-refractivity contribution in [3.05, 3.63) is 83.4 Å². The normalized spacial score (nSPS) is 16.3. The minimum absolute atomic E-state index is 0.180. The maximum atomic E-state index is 13.8. The van der Waals surface area contributed by atoms with E-state index in [0.717, 1.165) is 33.8 Å². The van der Waals surface area contributed by atoms with Gasteiger partial charge in [-0.1, -0.05) is 56.3 Å². The van der Waals surface area contributed by atoms with Crippen LogP contribution in [0.25, 0.3) is 11.3 Å². The van der Waals surface area contributed by atoms with Crippen LogP contribution < -0.4 is 9.64 Å². The molecule has 2 atom stereocenters. The number of hydrogen-bond acceptors (Lipinski definition) is 6. The molecule has 0 aliphatic carbocycles. The quantitative estimate of drug-likeness (QED) is 0.385. The van der Waals surface area contributed by atoms with Crippen LogP contribution in [0.5, 0.6) is 5.75 Å². The van der Waals surface area contributed by atoms with Gasteiger partial charge in [0.05, 0.1) is 18.4 Å². The SMILES string of the molecule is CS(=O)CCOc1ccccc1C1c2c(n[nH]c2C(C)(C)C)C(=O)N1c1ccc(-c2ccon2)cc1. The van der Waals surface area contributed by atoms with Crippen molar-refractivity contribution < 1.29 is 18.3 Å². The van der Waals surface area contributed by atoms with E-state index in [9.17, 15) is 9.00 Å². The number of para-hydroxylation sites is 1. The van der Waals surface area contributed by atoms with E-state index in [1.165, 1.54) is 6.26 Å². The monoisotopic (exact) mass is 504 g/mol. The molecule has 9 heteroatoms. The van der Waals surface area contributed by atoms with Gasteiger partial charge in [-0.05, 0) is 18.2 Å². The zero-order valence-corrected chi connectivity index (χ0v) is 21.5. The van der Waals surface area contributed by atoms with Crippen LogP contribution in [0, 0.1) is 0 Å². The number of aromatic amines is 1. The Morgan fingerprint density at radius 2 is 1.86 bits per heavy atom. The van der Waals surface area contributed by atoms with Gasteiger partial charge < -0.3 is 9.26 Å². The van der Waals surface area contributed by atoms with Gasteiger partial charge in [0, 0.05) is 56.6 Å². The number of carbonyl (C=O) groups is 1. The third-order valence-electron chi connectivity index (χ3n) is 6.23. The van der Waals surface area contributed by atoms with E-state index in [0.29, 0.717) is 23.8 Å². The molecule has 3 heterocycles. The summed E-state index contributed by atoms with van der Waals surface area (Å²) in [6.45, 7) is 6.60. The van der Waals surface area contributed by atoms with Crippen LogP contribution in [0.4, 0.5) is 5.69 Å². The summed E-state index contributed by atoms with van der Waals surface area (Å²) in [5.74, 6) is 0.898. The number of H-pyrrole nitrogens is 1. The number of benzene rings is 2. The predicted octanol–water partition coefficient (Wildman–Crippen LogP) is 4.87. The average molecular weight is 505 g/mol. The number of rotatable bonds is 7. The van der Waals surface area contributed by atoms with Gasteiger partial charge in [0.15, 0.2) is 5.69 Å². The van der Waals surface area contributed by atoms with Crippen molar-refractivity contribution in [2.75, 3.05) is 23.5 Å². The van der Waals surface area contributed by atoms with Crippen LogP contribution in [0.1, 0.15) is 54.1 Å². The van der Waals surface area contributed by atoms with Gasteiger partial charge >= 0.3 is 0 Å². The highest BCUT2D eigenvalue weighted by Crippen LogP contribution is 2.47. The number of nitrogens with one attached hydrogen (secondary N) is 1. The maximum absolute atomic E-state index is 13.8. The number of anilines is 1. The molecule has 5 rings (SSSR count). The van der Waals surface area contributed by atoms with E-state index in [-0.39, 0.29) is 11.3 Å². The highest BCUT2D eigenvalue weighted by Gasteiger charge is 2.45. The Morgan fingerprint density at radius 1 is 1.11 bits per heavy atom. The summed E-state index contributed by atoms with van der Waals surface area (Å²) in [6.07, 6.45) is 3.18. The third-order valence-corrected chi connectivity index (χ3v) is 6.97. The Balaban J connectivity index is 1.62. The molecule has 1 N–H and O–H groups in total. The van der Waals surface area contributed by atoms with Gasteiger partial charge in [0.2, 0.25) is 0 Å². The summed E-state index contributed by atoms with van der Waals surface area (Å²) in [4.78, 5) is 15.6. The van der Waals surface area contributed by atoms with Crippen molar-refractivity contribution in [3.63, 3.8) is 0 Å². The van der Waals surface area contributed by atoms with Gasteiger partial charge in [0.1, 0.15) is 17.7 Å². The van der Waals surface area contributed by atoms with E-state index in [2.05, 4.69) is 36.1 Å². The molecule has 2 aromatic carbocycles. The van der Waals surface area contributed by atoms with Crippen LogP contribution in [-0.4, -0.2) is 44.1 Å². The summed E-state index contributed by atoms with van der Waals surface area (Å²) in [5.41, 5.74) is 5.10. The van der Waals surface area contributed by atoms with Crippen LogP contribution in [-0.2, 0) is 16.2 Å². The topological polar surface area (TPSA) is 101 Å². The van der Waals surface area contributed by atoms with Gasteiger partial charge in [0.25, 0.3) is 5.91 Å². The number of aromatic nitrogens is 3. The van der Waals surface area contributed by atoms with Gasteiger partial charge in [-0.2, -0.15) is 5.10 Å². The standard InChI is InChI=1S/C27H28N4O4S/c1-27(2,3)25-22-23(28-29-25)26(32)31(18-11-9-17(10-12-18)20-13-14-35-30-20)24(22)19-7-5-6-8-21(19)34-15-16-36(4)33/h5-14,24H,15-16H2,1-4H3,(H,28,29). The lowest BCUT2D eigenvalue weighted by Crippen LogP contribution is -2.30. The molecule has 0 spiro atoms. The molecular formula is C27H28N4O4S. The van der Waals surface area contributed by atoms with E-state index >= 15 is 0 Å². The van der Waals surface area contributed by atoms with Gasteiger partial charge in [-0.15, -0.1) is 0 Å². The molecule has 36 heavy (non-hydrogen) atoms. The highest BCUT2D eigenvalue weighted by atomic mass is 32.2. The molecule has 0 saturated carbocycles. The first-order valence-electron chi connectivity index (χ1n) is 11.7. The Kier molecular flexibility index (Phi) is 6.26. The van der Waals surface area contributed by atoms with E-state index in [1.54, 1.807) is 17.2 Å². The number of nitrogens with zero attached hydrogens (tertiary/aromatic N) is 3. The van der Waals surface area contributed by atoms with E-state index < -0.39 is 16.8 Å².